The Kier molecular flexibility index (Phi) is 9.96. The summed E-state index contributed by atoms with van der Waals surface area (Å²) in [6.07, 6.45) is 0. The van der Waals surface area contributed by atoms with Crippen LogP contribution in [0.25, 0.3) is 0 Å². The van der Waals surface area contributed by atoms with E-state index >= 15 is 0 Å². The summed E-state index contributed by atoms with van der Waals surface area (Å²) >= 11 is -14.4. The third-order valence-corrected chi connectivity index (χ3v) is 14.4. The van der Waals surface area contributed by atoms with Crippen molar-refractivity contribution in [3.05, 3.63) is 0 Å². The quantitative estimate of drug-likeness (QED) is 0.364. The molecule has 0 spiro atoms. The molecular formula is As2Ca3O8. The molecule has 0 radical (unpaired) electrons. The summed E-state index contributed by atoms with van der Waals surface area (Å²) in [4.78, 5) is 0. The Bertz CT molecular complexity index is 151. The van der Waals surface area contributed by atoms with Crippen molar-refractivity contribution in [2.45, 2.75) is 0 Å². The Morgan fingerprint density at radius 1 is 0.538 bits per heavy atom. The number of hydrogen-bond donors (Lipinski definition) is 0. The summed E-state index contributed by atoms with van der Waals surface area (Å²) in [6, 6.07) is 0. The predicted octanol–water partition coefficient (Wildman–Crippen LogP) is -9.17. The Hall–Kier alpha value is 4.58. The Balaban J connectivity index is -0.000000333. The van der Waals surface area contributed by atoms with Gasteiger partial charge in [0.1, 0.15) is 0 Å². The van der Waals surface area contributed by atoms with Gasteiger partial charge in [-0.25, -0.2) is 0 Å². The van der Waals surface area contributed by atoms with Crippen molar-refractivity contribution in [1.29, 1.82) is 0 Å². The molecule has 64 valence electrons. The summed E-state index contributed by atoms with van der Waals surface area (Å²) in [6.45, 7) is 0. The van der Waals surface area contributed by atoms with E-state index in [9.17, 15) is 24.6 Å². The Morgan fingerprint density at radius 2 is 0.692 bits per heavy atom. The van der Waals surface area contributed by atoms with Crippen molar-refractivity contribution in [2.24, 2.45) is 0 Å². The molecule has 1 aliphatic rings. The first-order valence-electron chi connectivity index (χ1n) is 1.83. The molecule has 1 rings (SSSR count). The minimum absolute atomic E-state index is 0. The second-order valence-electron chi connectivity index (χ2n) is 1.65. The first-order valence-corrected chi connectivity index (χ1v) is 9.49. The van der Waals surface area contributed by atoms with Crippen LogP contribution in [-0.4, -0.2) is 142 Å². The molecular weight excluding hydrogens is 398 g/mol. The SMILES string of the molecule is [Ca+2].[Ca+2].[Ca+2].[O-][As]1([O-])([O-])O[As]([O-])([O-])([O-])O1. The van der Waals surface area contributed by atoms with E-state index in [2.05, 4.69) is 5.43 Å². The average Bonchev–Trinajstić information content (AvgIpc) is 1.08. The van der Waals surface area contributed by atoms with Gasteiger partial charge in [-0.15, -0.1) is 0 Å². The molecule has 1 saturated heterocycles. The molecule has 0 aliphatic carbocycles. The van der Waals surface area contributed by atoms with Gasteiger partial charge in [-0.05, 0) is 0 Å². The van der Waals surface area contributed by atoms with Gasteiger partial charge in [0.25, 0.3) is 0 Å². The van der Waals surface area contributed by atoms with Crippen LogP contribution in [0.2, 0.25) is 0 Å². The van der Waals surface area contributed by atoms with Crippen molar-refractivity contribution in [2.75, 3.05) is 0 Å². The monoisotopic (exact) mass is 398 g/mol. The summed E-state index contributed by atoms with van der Waals surface area (Å²) in [7, 11) is 0. The van der Waals surface area contributed by atoms with Gasteiger partial charge < -0.3 is 0 Å². The zero-order chi connectivity index (χ0) is 8.31. The van der Waals surface area contributed by atoms with Gasteiger partial charge in [0, 0.05) is 0 Å². The Morgan fingerprint density at radius 3 is 0.692 bits per heavy atom. The topological polar surface area (TPSA) is 157 Å². The van der Waals surface area contributed by atoms with Crippen LogP contribution in [-0.2, 0) is 5.43 Å². The van der Waals surface area contributed by atoms with Gasteiger partial charge in [-0.3, -0.25) is 0 Å². The summed E-state index contributed by atoms with van der Waals surface area (Å²) in [5.74, 6) is 0. The van der Waals surface area contributed by atoms with Crippen LogP contribution in [0.4, 0.5) is 0 Å². The molecule has 0 aromatic carbocycles. The van der Waals surface area contributed by atoms with Crippen molar-refractivity contribution in [3.63, 3.8) is 0 Å². The van der Waals surface area contributed by atoms with Crippen molar-refractivity contribution >= 4 is 142 Å². The molecule has 13 heteroatoms. The average molecular weight is 398 g/mol. The predicted molar refractivity (Wildman–Crippen MR) is 30.9 cm³/mol. The number of hydrogen-bond acceptors (Lipinski definition) is 8. The molecule has 0 N–H and O–H groups in total. The Labute approximate surface area is 167 Å². The van der Waals surface area contributed by atoms with E-state index in [4.69, 9.17) is 0 Å². The van der Waals surface area contributed by atoms with Gasteiger partial charge in [0.15, 0.2) is 0 Å². The molecule has 0 aromatic heterocycles. The maximum atomic E-state index is 9.82. The van der Waals surface area contributed by atoms with E-state index in [0.29, 0.717) is 0 Å². The third kappa shape index (κ3) is 8.32. The van der Waals surface area contributed by atoms with E-state index in [0.717, 1.165) is 0 Å². The first kappa shape index (κ1) is 22.7. The second kappa shape index (κ2) is 5.69. The van der Waals surface area contributed by atoms with Crippen LogP contribution in [0, 0.1) is 0 Å². The molecule has 0 unspecified atom stereocenters. The van der Waals surface area contributed by atoms with Gasteiger partial charge in [0.2, 0.25) is 0 Å². The van der Waals surface area contributed by atoms with Crippen LogP contribution in [0.5, 0.6) is 0 Å². The zero-order valence-electron chi connectivity index (χ0n) is 6.28. The molecule has 0 atom stereocenters. The van der Waals surface area contributed by atoms with Crippen molar-refractivity contribution < 1.29 is 30.0 Å². The van der Waals surface area contributed by atoms with Gasteiger partial charge in [-0.1, -0.05) is 0 Å². The second-order valence-corrected chi connectivity index (χ2v) is 12.2. The molecule has 1 aliphatic heterocycles. The fourth-order valence-electron chi connectivity index (χ4n) is 0.442. The van der Waals surface area contributed by atoms with Crippen molar-refractivity contribution in [3.8, 4) is 0 Å². The molecule has 1 heterocycles. The van der Waals surface area contributed by atoms with E-state index in [1.807, 2.05) is 0 Å². The molecule has 1 fully saturated rings. The fourth-order valence-corrected chi connectivity index (χ4v) is 11.9. The van der Waals surface area contributed by atoms with E-state index < -0.39 is 28.3 Å². The van der Waals surface area contributed by atoms with Crippen LogP contribution in [0.1, 0.15) is 0 Å². The molecule has 8 nitrogen and oxygen atoms in total. The molecule has 0 bridgehead atoms. The van der Waals surface area contributed by atoms with E-state index in [1.54, 1.807) is 0 Å². The fraction of sp³-hybridized carbons (Fsp3) is 0. The molecule has 0 saturated carbocycles. The molecule has 0 aromatic rings. The van der Waals surface area contributed by atoms with E-state index in [1.165, 1.54) is 0 Å². The zero-order valence-corrected chi connectivity index (χ0v) is 16.7. The molecule has 13 heavy (non-hydrogen) atoms. The van der Waals surface area contributed by atoms with Crippen LogP contribution >= 0.6 is 0 Å². The van der Waals surface area contributed by atoms with Crippen LogP contribution in [0.3, 0.4) is 0 Å². The van der Waals surface area contributed by atoms with Crippen molar-refractivity contribution in [1.82, 2.24) is 0 Å². The standard InChI is InChI=1S/As2O8.3Ca/c3-1(4,5)9-2(6,7,8)10-1;;;/q-6;3*+2. The molecule has 0 amide bonds. The third-order valence-electron chi connectivity index (χ3n) is 0.533. The first-order chi connectivity index (χ1) is 3.95. The summed E-state index contributed by atoms with van der Waals surface area (Å²) in [5.41, 5.74) is 0. The van der Waals surface area contributed by atoms with Gasteiger partial charge >= 0.3 is 172 Å². The maximum absolute atomic E-state index is 9.82. The van der Waals surface area contributed by atoms with E-state index in [-0.39, 0.29) is 113 Å². The van der Waals surface area contributed by atoms with Crippen LogP contribution < -0.4 is 24.6 Å². The normalized spacial score (nSPS) is 35.8. The van der Waals surface area contributed by atoms with Crippen LogP contribution in [0.15, 0.2) is 0 Å². The minimum atomic E-state index is -7.22. The summed E-state index contributed by atoms with van der Waals surface area (Å²) in [5, 5.41) is 0. The van der Waals surface area contributed by atoms with Gasteiger partial charge in [-0.2, -0.15) is 0 Å². The number of rotatable bonds is 0. The summed E-state index contributed by atoms with van der Waals surface area (Å²) < 4.78 is 64.3. The van der Waals surface area contributed by atoms with Gasteiger partial charge in [0.05, 0.1) is 0 Å².